The monoisotopic (exact) mass is 472 g/mol. The van der Waals surface area contributed by atoms with Crippen LogP contribution >= 0.6 is 31.9 Å². The Morgan fingerprint density at radius 1 is 0.731 bits per heavy atom. The summed E-state index contributed by atoms with van der Waals surface area (Å²) in [6.07, 6.45) is 1.96. The van der Waals surface area contributed by atoms with Gasteiger partial charge in [0, 0.05) is 11.6 Å². The minimum atomic E-state index is 0.504. The highest BCUT2D eigenvalue weighted by atomic mass is 79.9. The maximum atomic E-state index is 6.05. The first-order chi connectivity index (χ1) is 12.7. The maximum absolute atomic E-state index is 6.05. The van der Waals surface area contributed by atoms with E-state index in [0.717, 1.165) is 31.6 Å². The summed E-state index contributed by atoms with van der Waals surface area (Å²) in [4.78, 5) is 0. The first-order valence-corrected chi connectivity index (χ1v) is 9.79. The van der Waals surface area contributed by atoms with Crippen LogP contribution < -0.4 is 9.47 Å². The van der Waals surface area contributed by atoms with E-state index < -0.39 is 0 Å². The number of halogens is 2. The van der Waals surface area contributed by atoms with Gasteiger partial charge < -0.3 is 9.47 Å². The summed E-state index contributed by atoms with van der Waals surface area (Å²) in [6.45, 7) is 1.03. The molecule has 0 radical (unpaired) electrons. The lowest BCUT2D eigenvalue weighted by atomic mass is 10.2. The molecule has 0 amide bonds. The van der Waals surface area contributed by atoms with Gasteiger partial charge in [-0.15, -0.1) is 0 Å². The second-order valence-corrected chi connectivity index (χ2v) is 8.45. The van der Waals surface area contributed by atoms with Gasteiger partial charge in [-0.2, -0.15) is 0 Å². The fourth-order valence-corrected chi connectivity index (χ4v) is 2.94. The molecule has 0 aliphatic heterocycles. The first-order valence-electron chi connectivity index (χ1n) is 8.21. The van der Waals surface area contributed by atoms with Crippen molar-refractivity contribution in [2.45, 2.75) is 13.2 Å². The zero-order valence-electron chi connectivity index (χ0n) is 14.1. The zero-order chi connectivity index (χ0) is 18.2. The van der Waals surface area contributed by atoms with Crippen LogP contribution in [0.4, 0.5) is 0 Å². The van der Waals surface area contributed by atoms with Crippen LogP contribution in [0.2, 0.25) is 0 Å². The van der Waals surface area contributed by atoms with E-state index in [9.17, 15) is 0 Å². The van der Waals surface area contributed by atoms with Crippen molar-refractivity contribution in [2.24, 2.45) is 0 Å². The summed E-state index contributed by atoms with van der Waals surface area (Å²) in [7, 11) is 0. The van der Waals surface area contributed by atoms with E-state index in [1.54, 1.807) is 0 Å². The van der Waals surface area contributed by atoms with E-state index in [4.69, 9.17) is 9.47 Å². The molecule has 0 unspecified atom stereocenters. The molecule has 0 heterocycles. The van der Waals surface area contributed by atoms with Gasteiger partial charge in [0.15, 0.2) is 0 Å². The predicted octanol–water partition coefficient (Wildman–Crippen LogP) is 6.93. The van der Waals surface area contributed by atoms with Gasteiger partial charge in [0.25, 0.3) is 0 Å². The molecule has 3 rings (SSSR count). The van der Waals surface area contributed by atoms with Crippen LogP contribution in [0.25, 0.3) is 6.08 Å². The summed E-state index contributed by atoms with van der Waals surface area (Å²) in [6, 6.07) is 26.1. The minimum Gasteiger partial charge on any atom is -0.489 e. The molecular weight excluding hydrogens is 456 g/mol. The molecule has 0 saturated heterocycles. The molecule has 0 aliphatic rings. The van der Waals surface area contributed by atoms with Crippen molar-refractivity contribution in [3.8, 4) is 11.5 Å². The van der Waals surface area contributed by atoms with Crippen LogP contribution in [0.3, 0.4) is 0 Å². The van der Waals surface area contributed by atoms with Crippen molar-refractivity contribution in [2.75, 3.05) is 0 Å². The minimum absolute atomic E-state index is 0.504. The second-order valence-electron chi connectivity index (χ2n) is 5.68. The van der Waals surface area contributed by atoms with Crippen molar-refractivity contribution in [1.29, 1.82) is 0 Å². The third-order valence-electron chi connectivity index (χ3n) is 3.74. The van der Waals surface area contributed by atoms with Crippen molar-refractivity contribution >= 4 is 37.9 Å². The molecule has 26 heavy (non-hydrogen) atoms. The van der Waals surface area contributed by atoms with Crippen LogP contribution in [0.5, 0.6) is 11.5 Å². The lowest BCUT2D eigenvalue weighted by molar-refractivity contribution is 0.289. The topological polar surface area (TPSA) is 18.5 Å². The quantitative estimate of drug-likeness (QED) is 0.370. The Hall–Kier alpha value is -2.04. The Balaban J connectivity index is 1.76. The zero-order valence-corrected chi connectivity index (χ0v) is 17.2. The third kappa shape index (κ3) is 5.75. The molecule has 0 aliphatic carbocycles. The summed E-state index contributed by atoms with van der Waals surface area (Å²) in [5.74, 6) is 1.55. The summed E-state index contributed by atoms with van der Waals surface area (Å²) >= 11 is 6.82. The molecule has 0 spiro atoms. The first kappa shape index (κ1) is 18.7. The number of hydrogen-bond donors (Lipinski definition) is 0. The van der Waals surface area contributed by atoms with Gasteiger partial charge in [0.1, 0.15) is 24.7 Å². The van der Waals surface area contributed by atoms with Crippen molar-refractivity contribution < 1.29 is 9.47 Å². The van der Waals surface area contributed by atoms with E-state index >= 15 is 0 Å². The molecule has 0 saturated carbocycles. The van der Waals surface area contributed by atoms with Crippen molar-refractivity contribution in [1.82, 2.24) is 0 Å². The molecule has 132 valence electrons. The number of ether oxygens (including phenoxy) is 2. The summed E-state index contributed by atoms with van der Waals surface area (Å²) in [5.41, 5.74) is 3.22. The van der Waals surface area contributed by atoms with E-state index in [1.807, 2.05) is 84.9 Å². The highest BCUT2D eigenvalue weighted by Gasteiger charge is 2.06. The van der Waals surface area contributed by atoms with Crippen LogP contribution in [-0.4, -0.2) is 0 Å². The molecule has 3 aromatic carbocycles. The van der Waals surface area contributed by atoms with E-state index in [2.05, 4.69) is 31.9 Å². The lowest BCUT2D eigenvalue weighted by Crippen LogP contribution is -1.99. The van der Waals surface area contributed by atoms with Crippen LogP contribution in [0.15, 0.2) is 82.3 Å². The number of hydrogen-bond acceptors (Lipinski definition) is 2. The standard InChI is InChI=1S/C22H18Br2O2/c23-22(24)13-19-11-12-20(25-15-17-7-3-1-4-8-17)14-21(19)26-16-18-9-5-2-6-10-18/h1-14H,15-16H2. The molecule has 4 heteroatoms. The molecular formula is C22H18Br2O2. The largest absolute Gasteiger partial charge is 0.489 e. The second kappa shape index (κ2) is 9.60. The van der Waals surface area contributed by atoms with Crippen LogP contribution in [0, 0.1) is 0 Å². The molecule has 0 aromatic heterocycles. The fraction of sp³-hybridized carbons (Fsp3) is 0.0909. The Morgan fingerprint density at radius 2 is 1.31 bits per heavy atom. The Labute approximate surface area is 170 Å². The Kier molecular flexibility index (Phi) is 6.92. The molecule has 0 N–H and O–H groups in total. The smallest absolute Gasteiger partial charge is 0.130 e. The van der Waals surface area contributed by atoms with Gasteiger partial charge in [0.05, 0.1) is 3.39 Å². The normalized spacial score (nSPS) is 10.2. The van der Waals surface area contributed by atoms with Crippen LogP contribution in [-0.2, 0) is 13.2 Å². The molecule has 2 nitrogen and oxygen atoms in total. The SMILES string of the molecule is BrC(Br)=Cc1ccc(OCc2ccccc2)cc1OCc1ccccc1. The van der Waals surface area contributed by atoms with E-state index in [1.165, 1.54) is 0 Å². The summed E-state index contributed by atoms with van der Waals surface area (Å²) < 4.78 is 12.8. The average Bonchev–Trinajstić information content (AvgIpc) is 2.67. The van der Waals surface area contributed by atoms with Gasteiger partial charge in [0.2, 0.25) is 0 Å². The maximum Gasteiger partial charge on any atom is 0.130 e. The van der Waals surface area contributed by atoms with Crippen molar-refractivity contribution in [3.63, 3.8) is 0 Å². The van der Waals surface area contributed by atoms with Gasteiger partial charge in [-0.1, -0.05) is 60.7 Å². The van der Waals surface area contributed by atoms with Gasteiger partial charge in [-0.25, -0.2) is 0 Å². The number of benzene rings is 3. The van der Waals surface area contributed by atoms with Gasteiger partial charge in [-0.05, 0) is 61.2 Å². The molecule has 0 atom stereocenters. The predicted molar refractivity (Wildman–Crippen MR) is 114 cm³/mol. The summed E-state index contributed by atoms with van der Waals surface area (Å²) in [5, 5.41) is 0. The molecule has 3 aromatic rings. The average molecular weight is 474 g/mol. The fourth-order valence-electron chi connectivity index (χ4n) is 2.44. The Morgan fingerprint density at radius 3 is 1.88 bits per heavy atom. The highest BCUT2D eigenvalue weighted by Crippen LogP contribution is 2.30. The lowest BCUT2D eigenvalue weighted by Gasteiger charge is -2.13. The third-order valence-corrected chi connectivity index (χ3v) is 4.19. The molecule has 0 bridgehead atoms. The van der Waals surface area contributed by atoms with E-state index in [0.29, 0.717) is 13.2 Å². The van der Waals surface area contributed by atoms with Gasteiger partial charge in [-0.3, -0.25) is 0 Å². The van der Waals surface area contributed by atoms with Gasteiger partial charge >= 0.3 is 0 Å². The van der Waals surface area contributed by atoms with Crippen LogP contribution in [0.1, 0.15) is 16.7 Å². The van der Waals surface area contributed by atoms with Crippen molar-refractivity contribution in [3.05, 3.63) is 98.9 Å². The highest BCUT2D eigenvalue weighted by molar-refractivity contribution is 9.28. The Bertz CT molecular complexity index is 858. The number of rotatable bonds is 7. The van der Waals surface area contributed by atoms with E-state index in [-0.39, 0.29) is 0 Å². The molecule has 0 fully saturated rings.